The number of carbonyl (C=O) groups is 3. The fraction of sp³-hybridized carbons (Fsp3) is 0.438. The van der Waals surface area contributed by atoms with Crippen molar-refractivity contribution in [3.05, 3.63) is 24.3 Å². The molecule has 0 radical (unpaired) electrons. The summed E-state index contributed by atoms with van der Waals surface area (Å²) >= 11 is 0. The second-order valence-electron chi connectivity index (χ2n) is 5.11. The maximum absolute atomic E-state index is 12.1. The Labute approximate surface area is 129 Å². The predicted octanol–water partition coefficient (Wildman–Crippen LogP) is 1.95. The number of hydrogen-bond donors (Lipinski definition) is 1. The van der Waals surface area contributed by atoms with E-state index in [1.54, 1.807) is 43.0 Å². The molecule has 6 heteroatoms. The molecule has 0 unspecified atom stereocenters. The van der Waals surface area contributed by atoms with Gasteiger partial charge in [0.2, 0.25) is 11.8 Å². The Morgan fingerprint density at radius 1 is 1.36 bits per heavy atom. The smallest absolute Gasteiger partial charge is 0.311 e. The van der Waals surface area contributed by atoms with E-state index in [0.29, 0.717) is 30.9 Å². The Morgan fingerprint density at radius 3 is 2.82 bits per heavy atom. The van der Waals surface area contributed by atoms with Crippen molar-refractivity contribution in [2.75, 3.05) is 23.4 Å². The van der Waals surface area contributed by atoms with Gasteiger partial charge in [0.15, 0.2) is 0 Å². The number of anilines is 2. The second-order valence-corrected chi connectivity index (χ2v) is 5.11. The molecule has 1 saturated heterocycles. The first-order chi connectivity index (χ1) is 10.5. The Morgan fingerprint density at radius 2 is 2.14 bits per heavy atom. The third-order valence-electron chi connectivity index (χ3n) is 3.51. The molecule has 2 rings (SSSR count). The molecule has 22 heavy (non-hydrogen) atoms. The van der Waals surface area contributed by atoms with Crippen LogP contribution in [0.5, 0.6) is 0 Å². The summed E-state index contributed by atoms with van der Waals surface area (Å²) in [7, 11) is 0. The van der Waals surface area contributed by atoms with E-state index in [0.717, 1.165) is 0 Å². The highest BCUT2D eigenvalue weighted by atomic mass is 16.5. The van der Waals surface area contributed by atoms with Gasteiger partial charge in [-0.1, -0.05) is 13.0 Å². The van der Waals surface area contributed by atoms with Crippen LogP contribution in [0.4, 0.5) is 11.4 Å². The number of carbonyl (C=O) groups excluding carboxylic acids is 3. The maximum Gasteiger partial charge on any atom is 0.311 e. The van der Waals surface area contributed by atoms with Crippen molar-refractivity contribution in [3.63, 3.8) is 0 Å². The fourth-order valence-corrected chi connectivity index (χ4v) is 2.38. The molecule has 2 amide bonds. The summed E-state index contributed by atoms with van der Waals surface area (Å²) in [4.78, 5) is 36.9. The fourth-order valence-electron chi connectivity index (χ4n) is 2.38. The topological polar surface area (TPSA) is 75.7 Å². The van der Waals surface area contributed by atoms with Gasteiger partial charge < -0.3 is 15.0 Å². The maximum atomic E-state index is 12.1. The van der Waals surface area contributed by atoms with Gasteiger partial charge >= 0.3 is 5.97 Å². The molecule has 0 aromatic heterocycles. The molecular formula is C16H20N2O4. The highest BCUT2D eigenvalue weighted by Crippen LogP contribution is 2.27. The van der Waals surface area contributed by atoms with Crippen LogP contribution < -0.4 is 10.2 Å². The van der Waals surface area contributed by atoms with E-state index in [4.69, 9.17) is 4.74 Å². The van der Waals surface area contributed by atoms with Crippen LogP contribution in [0.1, 0.15) is 26.7 Å². The van der Waals surface area contributed by atoms with Crippen molar-refractivity contribution in [3.8, 4) is 0 Å². The van der Waals surface area contributed by atoms with Crippen molar-refractivity contribution in [2.45, 2.75) is 26.7 Å². The largest absolute Gasteiger partial charge is 0.466 e. The average Bonchev–Trinajstić information content (AvgIpc) is 2.90. The quantitative estimate of drug-likeness (QED) is 0.844. The molecule has 1 heterocycles. The molecule has 1 aliphatic rings. The molecule has 0 saturated carbocycles. The molecule has 1 aromatic rings. The van der Waals surface area contributed by atoms with Gasteiger partial charge in [-0.3, -0.25) is 14.4 Å². The van der Waals surface area contributed by atoms with Crippen molar-refractivity contribution in [1.82, 2.24) is 0 Å². The molecule has 1 atom stereocenters. The minimum atomic E-state index is -0.429. The molecule has 1 fully saturated rings. The van der Waals surface area contributed by atoms with E-state index in [9.17, 15) is 14.4 Å². The minimum absolute atomic E-state index is 0.0886. The summed E-state index contributed by atoms with van der Waals surface area (Å²) in [6.45, 7) is 4.13. The lowest BCUT2D eigenvalue weighted by atomic mass is 10.1. The number of rotatable bonds is 5. The van der Waals surface area contributed by atoms with Gasteiger partial charge in [0.25, 0.3) is 0 Å². The molecule has 0 aliphatic carbocycles. The van der Waals surface area contributed by atoms with Crippen molar-refractivity contribution < 1.29 is 19.1 Å². The van der Waals surface area contributed by atoms with E-state index >= 15 is 0 Å². The Kier molecular flexibility index (Phi) is 5.14. The summed E-state index contributed by atoms with van der Waals surface area (Å²) in [5, 5.41) is 2.76. The zero-order chi connectivity index (χ0) is 16.1. The van der Waals surface area contributed by atoms with Gasteiger partial charge in [-0.2, -0.15) is 0 Å². The molecule has 0 bridgehead atoms. The van der Waals surface area contributed by atoms with Crippen LogP contribution in [0.2, 0.25) is 0 Å². The van der Waals surface area contributed by atoms with Gasteiger partial charge in [0.05, 0.1) is 12.5 Å². The summed E-state index contributed by atoms with van der Waals surface area (Å²) in [6.07, 6.45) is 0.544. The van der Waals surface area contributed by atoms with Crippen LogP contribution in [-0.2, 0) is 19.1 Å². The summed E-state index contributed by atoms with van der Waals surface area (Å²) in [5.41, 5.74) is 1.31. The second kappa shape index (κ2) is 7.06. The van der Waals surface area contributed by atoms with Gasteiger partial charge in [-0.25, -0.2) is 0 Å². The zero-order valence-electron chi connectivity index (χ0n) is 12.8. The van der Waals surface area contributed by atoms with Crippen molar-refractivity contribution in [1.29, 1.82) is 0 Å². The first-order valence-corrected chi connectivity index (χ1v) is 7.42. The van der Waals surface area contributed by atoms with E-state index in [1.165, 1.54) is 0 Å². The number of benzene rings is 1. The first kappa shape index (κ1) is 16.0. The van der Waals surface area contributed by atoms with Crippen LogP contribution in [-0.4, -0.2) is 30.9 Å². The van der Waals surface area contributed by atoms with E-state index in [2.05, 4.69) is 5.32 Å². The number of ether oxygens (including phenoxy) is 1. The van der Waals surface area contributed by atoms with Crippen LogP contribution in [0.15, 0.2) is 24.3 Å². The molecule has 1 N–H and O–H groups in total. The SMILES string of the molecule is CCOC(=O)[C@@H]1CC(=O)N(c2cccc(NC(=O)CC)c2)C1. The minimum Gasteiger partial charge on any atom is -0.466 e. The van der Waals surface area contributed by atoms with E-state index in [1.807, 2.05) is 0 Å². The Bertz CT molecular complexity index is 585. The number of nitrogens with zero attached hydrogens (tertiary/aromatic N) is 1. The lowest BCUT2D eigenvalue weighted by Gasteiger charge is -2.17. The van der Waals surface area contributed by atoms with Gasteiger partial charge in [-0.05, 0) is 25.1 Å². The Hall–Kier alpha value is -2.37. The van der Waals surface area contributed by atoms with Gasteiger partial charge in [0, 0.05) is 30.8 Å². The average molecular weight is 304 g/mol. The summed E-state index contributed by atoms with van der Waals surface area (Å²) in [5.74, 6) is -0.971. The van der Waals surface area contributed by atoms with Crippen molar-refractivity contribution >= 4 is 29.2 Å². The van der Waals surface area contributed by atoms with Crippen LogP contribution in [0.25, 0.3) is 0 Å². The van der Waals surface area contributed by atoms with Crippen LogP contribution in [0, 0.1) is 5.92 Å². The Balaban J connectivity index is 2.11. The molecule has 1 aromatic carbocycles. The standard InChI is InChI=1S/C16H20N2O4/c1-3-14(19)17-12-6-5-7-13(9-12)18-10-11(8-15(18)20)16(21)22-4-2/h5-7,9,11H,3-4,8,10H2,1-2H3,(H,17,19)/t11-/m1/s1. The highest BCUT2D eigenvalue weighted by molar-refractivity contribution is 6.00. The first-order valence-electron chi connectivity index (χ1n) is 7.42. The molecule has 0 spiro atoms. The lowest BCUT2D eigenvalue weighted by Crippen LogP contribution is -2.26. The summed E-state index contributed by atoms with van der Waals surface area (Å²) < 4.78 is 4.97. The zero-order valence-corrected chi connectivity index (χ0v) is 12.8. The molecular weight excluding hydrogens is 284 g/mol. The van der Waals surface area contributed by atoms with Crippen molar-refractivity contribution in [2.24, 2.45) is 5.92 Å². The molecule has 1 aliphatic heterocycles. The molecule has 118 valence electrons. The predicted molar refractivity (Wildman–Crippen MR) is 82.5 cm³/mol. The van der Waals surface area contributed by atoms with Crippen LogP contribution >= 0.6 is 0 Å². The van der Waals surface area contributed by atoms with Crippen LogP contribution in [0.3, 0.4) is 0 Å². The highest BCUT2D eigenvalue weighted by Gasteiger charge is 2.36. The number of amides is 2. The normalized spacial score (nSPS) is 17.5. The number of hydrogen-bond acceptors (Lipinski definition) is 4. The molecule has 6 nitrogen and oxygen atoms in total. The number of nitrogens with one attached hydrogen (secondary N) is 1. The summed E-state index contributed by atoms with van der Waals surface area (Å²) in [6, 6.07) is 7.05. The van der Waals surface area contributed by atoms with E-state index in [-0.39, 0.29) is 24.2 Å². The third kappa shape index (κ3) is 3.63. The van der Waals surface area contributed by atoms with E-state index < -0.39 is 5.92 Å². The number of esters is 1. The van der Waals surface area contributed by atoms with Gasteiger partial charge in [0.1, 0.15) is 0 Å². The lowest BCUT2D eigenvalue weighted by molar-refractivity contribution is -0.147. The van der Waals surface area contributed by atoms with Gasteiger partial charge in [-0.15, -0.1) is 0 Å². The monoisotopic (exact) mass is 304 g/mol. The third-order valence-corrected chi connectivity index (χ3v) is 3.51.